The first kappa shape index (κ1) is 16.2. The third-order valence-electron chi connectivity index (χ3n) is 2.77. The van der Waals surface area contributed by atoms with Gasteiger partial charge in [-0.1, -0.05) is 45.3 Å². The SMILES string of the molecule is CCCC/C=C\CCCCC(=O)NCCCC. The van der Waals surface area contributed by atoms with Crippen molar-refractivity contribution in [1.29, 1.82) is 0 Å². The van der Waals surface area contributed by atoms with E-state index in [1.165, 1.54) is 19.3 Å². The zero-order valence-electron chi connectivity index (χ0n) is 11.6. The lowest BCUT2D eigenvalue weighted by Crippen LogP contribution is -2.23. The van der Waals surface area contributed by atoms with E-state index in [2.05, 4.69) is 31.3 Å². The second-order valence-corrected chi connectivity index (χ2v) is 4.56. The van der Waals surface area contributed by atoms with Crippen LogP contribution in [-0.4, -0.2) is 12.5 Å². The molecule has 0 saturated heterocycles. The monoisotopic (exact) mass is 239 g/mol. The summed E-state index contributed by atoms with van der Waals surface area (Å²) in [5.41, 5.74) is 0. The quantitative estimate of drug-likeness (QED) is 0.425. The predicted molar refractivity (Wildman–Crippen MR) is 75.1 cm³/mol. The van der Waals surface area contributed by atoms with Gasteiger partial charge < -0.3 is 5.32 Å². The van der Waals surface area contributed by atoms with Gasteiger partial charge in [-0.2, -0.15) is 0 Å². The number of unbranched alkanes of at least 4 members (excludes halogenated alkanes) is 5. The van der Waals surface area contributed by atoms with Crippen LogP contribution in [0.25, 0.3) is 0 Å². The molecule has 0 saturated carbocycles. The Morgan fingerprint density at radius 2 is 1.59 bits per heavy atom. The van der Waals surface area contributed by atoms with E-state index in [1.807, 2.05) is 0 Å². The van der Waals surface area contributed by atoms with Crippen molar-refractivity contribution in [3.05, 3.63) is 12.2 Å². The van der Waals surface area contributed by atoms with Crippen molar-refractivity contribution >= 4 is 5.91 Å². The maximum absolute atomic E-state index is 11.4. The summed E-state index contributed by atoms with van der Waals surface area (Å²) in [6.07, 6.45) is 14.5. The van der Waals surface area contributed by atoms with Crippen LogP contribution in [0, 0.1) is 0 Å². The topological polar surface area (TPSA) is 29.1 Å². The lowest BCUT2D eigenvalue weighted by atomic mass is 10.1. The van der Waals surface area contributed by atoms with Gasteiger partial charge in [-0.05, 0) is 32.1 Å². The third kappa shape index (κ3) is 13.1. The van der Waals surface area contributed by atoms with Crippen molar-refractivity contribution in [3.63, 3.8) is 0 Å². The Hall–Kier alpha value is -0.790. The van der Waals surface area contributed by atoms with Gasteiger partial charge >= 0.3 is 0 Å². The van der Waals surface area contributed by atoms with Gasteiger partial charge in [0.15, 0.2) is 0 Å². The Bertz CT molecular complexity index is 199. The van der Waals surface area contributed by atoms with Gasteiger partial charge in [-0.3, -0.25) is 4.79 Å². The first-order chi connectivity index (χ1) is 8.31. The summed E-state index contributed by atoms with van der Waals surface area (Å²) < 4.78 is 0. The number of carbonyl (C=O) groups is 1. The standard InChI is InChI=1S/C15H29NO/c1-3-5-7-8-9-10-11-12-13-15(17)16-14-6-4-2/h8-9H,3-7,10-14H2,1-2H3,(H,16,17)/b9-8-. The zero-order chi connectivity index (χ0) is 12.8. The van der Waals surface area contributed by atoms with Crippen LogP contribution >= 0.6 is 0 Å². The molecule has 0 aliphatic carbocycles. The Morgan fingerprint density at radius 3 is 2.24 bits per heavy atom. The Morgan fingerprint density at radius 1 is 0.941 bits per heavy atom. The Labute approximate surface area is 107 Å². The molecule has 0 aromatic rings. The van der Waals surface area contributed by atoms with Crippen molar-refractivity contribution < 1.29 is 4.79 Å². The summed E-state index contributed by atoms with van der Waals surface area (Å²) in [5, 5.41) is 2.95. The normalized spacial score (nSPS) is 10.9. The molecule has 1 amide bonds. The summed E-state index contributed by atoms with van der Waals surface area (Å²) in [6, 6.07) is 0. The van der Waals surface area contributed by atoms with E-state index in [-0.39, 0.29) is 5.91 Å². The highest BCUT2D eigenvalue weighted by Gasteiger charge is 1.98. The van der Waals surface area contributed by atoms with Crippen molar-refractivity contribution in [2.75, 3.05) is 6.54 Å². The van der Waals surface area contributed by atoms with Gasteiger partial charge in [0, 0.05) is 13.0 Å². The van der Waals surface area contributed by atoms with E-state index in [4.69, 9.17) is 0 Å². The highest BCUT2D eigenvalue weighted by molar-refractivity contribution is 5.75. The molecule has 0 fully saturated rings. The van der Waals surface area contributed by atoms with Crippen LogP contribution in [0.5, 0.6) is 0 Å². The summed E-state index contributed by atoms with van der Waals surface area (Å²) in [6.45, 7) is 5.19. The number of hydrogen-bond donors (Lipinski definition) is 1. The van der Waals surface area contributed by atoms with Crippen molar-refractivity contribution in [1.82, 2.24) is 5.32 Å². The van der Waals surface area contributed by atoms with Gasteiger partial charge in [0.1, 0.15) is 0 Å². The highest BCUT2D eigenvalue weighted by atomic mass is 16.1. The molecule has 0 spiro atoms. The lowest BCUT2D eigenvalue weighted by molar-refractivity contribution is -0.121. The number of amides is 1. The molecule has 0 bridgehead atoms. The molecule has 1 N–H and O–H groups in total. The van der Waals surface area contributed by atoms with Gasteiger partial charge in [-0.15, -0.1) is 0 Å². The minimum Gasteiger partial charge on any atom is -0.356 e. The summed E-state index contributed by atoms with van der Waals surface area (Å²) in [5.74, 6) is 0.216. The molecule has 0 aliphatic heterocycles. The summed E-state index contributed by atoms with van der Waals surface area (Å²) >= 11 is 0. The van der Waals surface area contributed by atoms with E-state index in [9.17, 15) is 4.79 Å². The average Bonchev–Trinajstić information content (AvgIpc) is 2.33. The fourth-order valence-corrected chi connectivity index (χ4v) is 1.60. The van der Waals surface area contributed by atoms with Crippen LogP contribution in [0.3, 0.4) is 0 Å². The average molecular weight is 239 g/mol. The maximum atomic E-state index is 11.4. The van der Waals surface area contributed by atoms with Crippen LogP contribution in [0.1, 0.15) is 71.6 Å². The third-order valence-corrected chi connectivity index (χ3v) is 2.77. The molecule has 0 atom stereocenters. The van der Waals surface area contributed by atoms with Gasteiger partial charge in [0.2, 0.25) is 5.91 Å². The molecule has 0 aliphatic rings. The second kappa shape index (κ2) is 13.3. The number of rotatable bonds is 11. The highest BCUT2D eigenvalue weighted by Crippen LogP contribution is 2.02. The molecule has 2 heteroatoms. The predicted octanol–water partition coefficient (Wildman–Crippen LogP) is 4.21. The fourth-order valence-electron chi connectivity index (χ4n) is 1.60. The molecular weight excluding hydrogens is 210 g/mol. The fraction of sp³-hybridized carbons (Fsp3) is 0.800. The zero-order valence-corrected chi connectivity index (χ0v) is 11.6. The summed E-state index contributed by atoms with van der Waals surface area (Å²) in [4.78, 5) is 11.4. The first-order valence-electron chi connectivity index (χ1n) is 7.23. The van der Waals surface area contributed by atoms with E-state index in [0.29, 0.717) is 6.42 Å². The molecule has 0 aromatic carbocycles. The van der Waals surface area contributed by atoms with E-state index >= 15 is 0 Å². The van der Waals surface area contributed by atoms with E-state index < -0.39 is 0 Å². The molecule has 0 unspecified atom stereocenters. The van der Waals surface area contributed by atoms with Gasteiger partial charge in [0.05, 0.1) is 0 Å². The molecule has 17 heavy (non-hydrogen) atoms. The molecule has 100 valence electrons. The molecule has 0 radical (unpaired) electrons. The minimum absolute atomic E-state index is 0.216. The van der Waals surface area contributed by atoms with Crippen molar-refractivity contribution in [3.8, 4) is 0 Å². The molecular formula is C15H29NO. The van der Waals surface area contributed by atoms with Gasteiger partial charge in [0.25, 0.3) is 0 Å². The first-order valence-corrected chi connectivity index (χ1v) is 7.23. The number of nitrogens with one attached hydrogen (secondary N) is 1. The van der Waals surface area contributed by atoms with E-state index in [1.54, 1.807) is 0 Å². The Balaban J connectivity index is 3.21. The molecule has 0 heterocycles. The van der Waals surface area contributed by atoms with Crippen LogP contribution in [0.15, 0.2) is 12.2 Å². The maximum Gasteiger partial charge on any atom is 0.219 e. The lowest BCUT2D eigenvalue weighted by Gasteiger charge is -2.03. The minimum atomic E-state index is 0.216. The van der Waals surface area contributed by atoms with Crippen LogP contribution in [-0.2, 0) is 4.79 Å². The van der Waals surface area contributed by atoms with Crippen LogP contribution in [0.4, 0.5) is 0 Å². The smallest absolute Gasteiger partial charge is 0.219 e. The number of carbonyl (C=O) groups excluding carboxylic acids is 1. The van der Waals surface area contributed by atoms with Gasteiger partial charge in [-0.25, -0.2) is 0 Å². The molecule has 0 rings (SSSR count). The number of hydrogen-bond acceptors (Lipinski definition) is 1. The van der Waals surface area contributed by atoms with Crippen molar-refractivity contribution in [2.24, 2.45) is 0 Å². The second-order valence-electron chi connectivity index (χ2n) is 4.56. The molecule has 0 aromatic heterocycles. The van der Waals surface area contributed by atoms with E-state index in [0.717, 1.165) is 38.6 Å². The summed E-state index contributed by atoms with van der Waals surface area (Å²) in [7, 11) is 0. The largest absolute Gasteiger partial charge is 0.356 e. The molecule has 2 nitrogen and oxygen atoms in total. The number of allylic oxidation sites excluding steroid dienone is 2. The van der Waals surface area contributed by atoms with Crippen LogP contribution < -0.4 is 5.32 Å². The van der Waals surface area contributed by atoms with Crippen molar-refractivity contribution in [2.45, 2.75) is 71.6 Å². The van der Waals surface area contributed by atoms with Crippen LogP contribution in [0.2, 0.25) is 0 Å². The Kier molecular flexibility index (Phi) is 12.7.